The third-order valence-electron chi connectivity index (χ3n) is 5.55. The van der Waals surface area contributed by atoms with Crippen LogP contribution in [-0.2, 0) is 33.4 Å². The summed E-state index contributed by atoms with van der Waals surface area (Å²) in [6.07, 6.45) is 6.22. The first-order valence-electron chi connectivity index (χ1n) is 11.3. The molecular weight excluding hydrogens is 416 g/mol. The second-order valence-corrected chi connectivity index (χ2v) is 7.94. The predicted molar refractivity (Wildman–Crippen MR) is 116 cm³/mol. The highest BCUT2D eigenvalue weighted by Crippen LogP contribution is 2.32. The minimum atomic E-state index is -1.35. The average Bonchev–Trinajstić information content (AvgIpc) is 3.00. The number of dihydropyridines is 1. The summed E-state index contributed by atoms with van der Waals surface area (Å²) in [7, 11) is 0. The number of ether oxygens (including phenoxy) is 3. The van der Waals surface area contributed by atoms with Gasteiger partial charge >= 0.3 is 17.9 Å². The molecule has 0 aromatic heterocycles. The smallest absolute Gasteiger partial charge is 0.337 e. The lowest BCUT2D eigenvalue weighted by Crippen LogP contribution is -2.41. The van der Waals surface area contributed by atoms with Gasteiger partial charge in [-0.3, -0.25) is 9.59 Å². The topological polar surface area (TPSA) is 120 Å². The Kier molecular flexibility index (Phi) is 9.74. The second kappa shape index (κ2) is 12.3. The van der Waals surface area contributed by atoms with Crippen LogP contribution in [0.2, 0.25) is 0 Å². The first-order chi connectivity index (χ1) is 15.3. The molecule has 1 heterocycles. The zero-order valence-electron chi connectivity index (χ0n) is 19.4. The highest BCUT2D eigenvalue weighted by molar-refractivity contribution is 6.05. The van der Waals surface area contributed by atoms with E-state index in [-0.39, 0.29) is 30.4 Å². The van der Waals surface area contributed by atoms with Crippen molar-refractivity contribution in [3.8, 4) is 0 Å². The molecule has 9 nitrogen and oxygen atoms in total. The number of carbonyl (C=O) groups is 4. The molecule has 1 aliphatic heterocycles. The minimum absolute atomic E-state index is 0.0327. The lowest BCUT2D eigenvalue weighted by Gasteiger charge is -2.28. The van der Waals surface area contributed by atoms with E-state index >= 15 is 0 Å². The van der Waals surface area contributed by atoms with Crippen LogP contribution >= 0.6 is 0 Å². The summed E-state index contributed by atoms with van der Waals surface area (Å²) in [6.45, 7) is 6.19. The number of nitrogens with one attached hydrogen (secondary N) is 2. The number of allylic oxidation sites excluding steroid dienone is 2. The third-order valence-corrected chi connectivity index (χ3v) is 5.55. The molecular formula is C23H34N2O7. The van der Waals surface area contributed by atoms with Gasteiger partial charge in [-0.2, -0.15) is 0 Å². The van der Waals surface area contributed by atoms with Gasteiger partial charge in [0, 0.05) is 17.4 Å². The molecule has 2 N–H and O–H groups in total. The van der Waals surface area contributed by atoms with Gasteiger partial charge in [0.1, 0.15) is 5.92 Å². The van der Waals surface area contributed by atoms with Crippen LogP contribution in [0.15, 0.2) is 22.5 Å². The molecule has 178 valence electrons. The summed E-state index contributed by atoms with van der Waals surface area (Å²) in [5.74, 6) is -4.11. The van der Waals surface area contributed by atoms with Crippen LogP contribution in [0.5, 0.6) is 0 Å². The quantitative estimate of drug-likeness (QED) is 0.328. The van der Waals surface area contributed by atoms with Crippen LogP contribution in [0.3, 0.4) is 0 Å². The molecule has 9 heteroatoms. The molecule has 0 atom stereocenters. The van der Waals surface area contributed by atoms with Crippen molar-refractivity contribution in [1.29, 1.82) is 0 Å². The molecule has 2 rings (SSSR count). The van der Waals surface area contributed by atoms with E-state index in [4.69, 9.17) is 14.2 Å². The molecule has 0 unspecified atom stereocenters. The van der Waals surface area contributed by atoms with Gasteiger partial charge in [-0.15, -0.1) is 0 Å². The summed E-state index contributed by atoms with van der Waals surface area (Å²) in [6, 6.07) is 0.0667. The van der Waals surface area contributed by atoms with E-state index in [9.17, 15) is 19.2 Å². The second-order valence-electron chi connectivity index (χ2n) is 7.94. The Bertz CT molecular complexity index is 752. The van der Waals surface area contributed by atoms with E-state index in [1.165, 1.54) is 0 Å². The van der Waals surface area contributed by atoms with Crippen molar-refractivity contribution < 1.29 is 33.4 Å². The molecule has 0 radical (unpaired) electrons. The number of hydrogen-bond acceptors (Lipinski definition) is 8. The third kappa shape index (κ3) is 6.58. The molecule has 0 aromatic carbocycles. The zero-order chi connectivity index (χ0) is 23.7. The van der Waals surface area contributed by atoms with Gasteiger partial charge in [0.05, 0.1) is 24.4 Å². The summed E-state index contributed by atoms with van der Waals surface area (Å²) in [5.41, 5.74) is 0.682. The van der Waals surface area contributed by atoms with E-state index in [0.29, 0.717) is 11.4 Å². The van der Waals surface area contributed by atoms with Crippen molar-refractivity contribution in [2.75, 3.05) is 19.8 Å². The summed E-state index contributed by atoms with van der Waals surface area (Å²) in [5, 5.41) is 5.85. The molecule has 1 amide bonds. The van der Waals surface area contributed by atoms with Gasteiger partial charge in [0.2, 0.25) is 0 Å². The first kappa shape index (κ1) is 25.4. The maximum Gasteiger partial charge on any atom is 0.337 e. The Morgan fingerprint density at radius 1 is 0.844 bits per heavy atom. The highest BCUT2D eigenvalue weighted by Gasteiger charge is 2.42. The number of esters is 3. The Labute approximate surface area is 188 Å². The molecule has 0 aromatic rings. The maximum atomic E-state index is 13.1. The Morgan fingerprint density at radius 2 is 1.34 bits per heavy atom. The molecule has 1 saturated carbocycles. The average molecular weight is 451 g/mol. The van der Waals surface area contributed by atoms with Gasteiger partial charge in [0.15, 0.2) is 6.61 Å². The lowest BCUT2D eigenvalue weighted by atomic mass is 9.85. The molecule has 32 heavy (non-hydrogen) atoms. The minimum Gasteiger partial charge on any atom is -0.463 e. The van der Waals surface area contributed by atoms with Gasteiger partial charge in [0.25, 0.3) is 5.91 Å². The monoisotopic (exact) mass is 450 g/mol. The summed E-state index contributed by atoms with van der Waals surface area (Å²) >= 11 is 0. The highest BCUT2D eigenvalue weighted by atomic mass is 16.5. The van der Waals surface area contributed by atoms with Crippen LogP contribution in [0.1, 0.15) is 66.2 Å². The van der Waals surface area contributed by atoms with Crippen molar-refractivity contribution >= 4 is 23.8 Å². The van der Waals surface area contributed by atoms with Gasteiger partial charge in [-0.25, -0.2) is 9.59 Å². The molecule has 0 bridgehead atoms. The predicted octanol–water partition coefficient (Wildman–Crippen LogP) is 2.26. The zero-order valence-corrected chi connectivity index (χ0v) is 19.4. The molecule has 0 spiro atoms. The molecule has 1 fully saturated rings. The van der Waals surface area contributed by atoms with E-state index in [1.54, 1.807) is 27.7 Å². The Balaban J connectivity index is 2.19. The largest absolute Gasteiger partial charge is 0.463 e. The van der Waals surface area contributed by atoms with Crippen molar-refractivity contribution in [2.45, 2.75) is 72.3 Å². The molecule has 2 aliphatic rings. The number of carbonyl (C=O) groups excluding carboxylic acids is 4. The SMILES string of the molecule is CCOC(=O)C1=C(C)NC(C)=C(C(=O)OCC)C1C(=O)OCC(=O)NC1CCCCCC1. The molecule has 1 aliphatic carbocycles. The van der Waals surface area contributed by atoms with E-state index in [0.717, 1.165) is 38.5 Å². The van der Waals surface area contributed by atoms with E-state index in [1.807, 2.05) is 0 Å². The van der Waals surface area contributed by atoms with Gasteiger partial charge in [-0.1, -0.05) is 25.7 Å². The van der Waals surface area contributed by atoms with Crippen molar-refractivity contribution in [3.05, 3.63) is 22.5 Å². The number of rotatable bonds is 8. The maximum absolute atomic E-state index is 13.1. The van der Waals surface area contributed by atoms with E-state index in [2.05, 4.69) is 10.6 Å². The van der Waals surface area contributed by atoms with Crippen LogP contribution in [0, 0.1) is 5.92 Å². The van der Waals surface area contributed by atoms with Crippen LogP contribution in [0.25, 0.3) is 0 Å². The molecule has 0 saturated heterocycles. The van der Waals surface area contributed by atoms with Gasteiger partial charge in [-0.05, 0) is 40.5 Å². The van der Waals surface area contributed by atoms with Crippen molar-refractivity contribution in [3.63, 3.8) is 0 Å². The van der Waals surface area contributed by atoms with Crippen molar-refractivity contribution in [1.82, 2.24) is 10.6 Å². The lowest BCUT2D eigenvalue weighted by molar-refractivity contribution is -0.154. The van der Waals surface area contributed by atoms with Gasteiger partial charge < -0.3 is 24.8 Å². The fourth-order valence-corrected chi connectivity index (χ4v) is 4.10. The fraction of sp³-hybridized carbons (Fsp3) is 0.652. The van der Waals surface area contributed by atoms with Crippen LogP contribution in [-0.4, -0.2) is 49.7 Å². The summed E-state index contributed by atoms with van der Waals surface area (Å²) in [4.78, 5) is 50.6. The normalized spacial score (nSPS) is 17.9. The first-order valence-corrected chi connectivity index (χ1v) is 11.3. The van der Waals surface area contributed by atoms with Crippen LogP contribution in [0.4, 0.5) is 0 Å². The Hall–Kier alpha value is -2.84. The number of hydrogen-bond donors (Lipinski definition) is 2. The van der Waals surface area contributed by atoms with Crippen molar-refractivity contribution in [2.24, 2.45) is 5.92 Å². The van der Waals surface area contributed by atoms with Crippen LogP contribution < -0.4 is 10.6 Å². The summed E-state index contributed by atoms with van der Waals surface area (Å²) < 4.78 is 15.5. The van der Waals surface area contributed by atoms with E-state index < -0.39 is 36.3 Å². The standard InChI is InChI=1S/C23H34N2O7/c1-5-30-21(27)18-14(3)24-15(4)19(22(28)31-6-2)20(18)23(29)32-13-17(26)25-16-11-9-7-8-10-12-16/h16,20,24H,5-13H2,1-4H3,(H,25,26). The number of amides is 1. The Morgan fingerprint density at radius 3 is 1.81 bits per heavy atom. The fourth-order valence-electron chi connectivity index (χ4n) is 4.10.